The van der Waals surface area contributed by atoms with E-state index in [0.29, 0.717) is 17.2 Å². The van der Waals surface area contributed by atoms with E-state index in [4.69, 9.17) is 9.47 Å². The average Bonchev–Trinajstić information content (AvgIpc) is 3.13. The number of rotatable bonds is 2. The quantitative estimate of drug-likeness (QED) is 0.837. The monoisotopic (exact) mass is 301 g/mol. The number of carbonyl (C=O) groups excluding carboxylic acids is 2. The van der Waals surface area contributed by atoms with Gasteiger partial charge in [-0.2, -0.15) is 10.1 Å². The van der Waals surface area contributed by atoms with Gasteiger partial charge in [0.25, 0.3) is 0 Å². The number of fused-ring (bicyclic) bond motifs is 2. The molecule has 0 unspecified atom stereocenters. The Hall–Kier alpha value is -3.10. The Labute approximate surface area is 124 Å². The molecule has 0 bridgehead atoms. The fraction of sp³-hybridized carbons (Fsp3) is 0.231. The second kappa shape index (κ2) is 4.72. The Morgan fingerprint density at radius 3 is 3.14 bits per heavy atom. The van der Waals surface area contributed by atoms with Gasteiger partial charge < -0.3 is 14.8 Å². The van der Waals surface area contributed by atoms with Crippen LogP contribution < -0.4 is 20.1 Å². The van der Waals surface area contributed by atoms with Crippen LogP contribution in [0.25, 0.3) is 0 Å². The van der Waals surface area contributed by atoms with Crippen molar-refractivity contribution in [1.82, 2.24) is 14.8 Å². The minimum Gasteiger partial charge on any atom is -0.454 e. The fourth-order valence-corrected chi connectivity index (χ4v) is 2.41. The molecule has 1 atom stereocenters. The van der Waals surface area contributed by atoms with Crippen molar-refractivity contribution >= 4 is 23.5 Å². The van der Waals surface area contributed by atoms with E-state index in [-0.39, 0.29) is 31.0 Å². The second-order valence-corrected chi connectivity index (χ2v) is 4.85. The summed E-state index contributed by atoms with van der Waals surface area (Å²) < 4.78 is 11.9. The lowest BCUT2D eigenvalue weighted by molar-refractivity contribution is -0.125. The molecule has 22 heavy (non-hydrogen) atoms. The van der Waals surface area contributed by atoms with E-state index in [1.54, 1.807) is 18.2 Å². The number of hydrogen-bond donors (Lipinski definition) is 2. The summed E-state index contributed by atoms with van der Waals surface area (Å²) in [7, 11) is 0. The fourth-order valence-electron chi connectivity index (χ4n) is 2.41. The summed E-state index contributed by atoms with van der Waals surface area (Å²) in [5.41, 5.74) is 0.557. The van der Waals surface area contributed by atoms with Gasteiger partial charge in [-0.25, -0.2) is 4.68 Å². The number of carbonyl (C=O) groups is 2. The molecular weight excluding hydrogens is 290 g/mol. The van der Waals surface area contributed by atoms with E-state index in [1.165, 1.54) is 11.0 Å². The standard InChI is InChI=1S/C13H11N5O4/c19-11-4-8(18-13(17-11)14-5-15-18)12(20)16-7-1-2-9-10(3-7)22-6-21-9/h1-3,5,8H,4,6H2,(H,16,20)(H,14,15,17,19)/t8-/m0/s1. The number of benzene rings is 1. The van der Waals surface area contributed by atoms with Crippen LogP contribution in [0.5, 0.6) is 11.5 Å². The van der Waals surface area contributed by atoms with Gasteiger partial charge in [-0.15, -0.1) is 0 Å². The summed E-state index contributed by atoms with van der Waals surface area (Å²) >= 11 is 0. The highest BCUT2D eigenvalue weighted by molar-refractivity contribution is 6.00. The van der Waals surface area contributed by atoms with E-state index in [9.17, 15) is 9.59 Å². The first-order valence-electron chi connectivity index (χ1n) is 6.60. The van der Waals surface area contributed by atoms with Gasteiger partial charge in [0, 0.05) is 11.8 Å². The van der Waals surface area contributed by atoms with Crippen LogP contribution in [-0.2, 0) is 9.59 Å². The normalized spacial score (nSPS) is 18.5. The van der Waals surface area contributed by atoms with Crippen LogP contribution in [0.4, 0.5) is 11.6 Å². The van der Waals surface area contributed by atoms with E-state index >= 15 is 0 Å². The van der Waals surface area contributed by atoms with Crippen LogP contribution in [0, 0.1) is 0 Å². The van der Waals surface area contributed by atoms with Gasteiger partial charge >= 0.3 is 0 Å². The molecule has 4 rings (SSSR count). The maximum Gasteiger partial charge on any atom is 0.249 e. The molecular formula is C13H11N5O4. The summed E-state index contributed by atoms with van der Waals surface area (Å²) in [5.74, 6) is 0.850. The molecule has 0 saturated carbocycles. The van der Waals surface area contributed by atoms with Gasteiger partial charge in [-0.05, 0) is 12.1 Å². The number of nitrogens with zero attached hydrogens (tertiary/aromatic N) is 3. The topological polar surface area (TPSA) is 107 Å². The second-order valence-electron chi connectivity index (χ2n) is 4.85. The van der Waals surface area contributed by atoms with Crippen LogP contribution in [0.1, 0.15) is 12.5 Å². The van der Waals surface area contributed by atoms with Crippen molar-refractivity contribution in [3.8, 4) is 11.5 Å². The first-order chi connectivity index (χ1) is 10.7. The molecule has 2 aliphatic rings. The van der Waals surface area contributed by atoms with Crippen molar-refractivity contribution in [2.45, 2.75) is 12.5 Å². The Bertz CT molecular complexity index is 772. The van der Waals surface area contributed by atoms with E-state index in [2.05, 4.69) is 20.7 Å². The maximum absolute atomic E-state index is 12.4. The smallest absolute Gasteiger partial charge is 0.249 e. The van der Waals surface area contributed by atoms with Crippen molar-refractivity contribution in [3.63, 3.8) is 0 Å². The summed E-state index contributed by atoms with van der Waals surface area (Å²) in [6.07, 6.45) is 1.30. The molecule has 0 spiro atoms. The van der Waals surface area contributed by atoms with Crippen LogP contribution >= 0.6 is 0 Å². The molecule has 0 fully saturated rings. The first-order valence-corrected chi connectivity index (χ1v) is 6.60. The van der Waals surface area contributed by atoms with Crippen molar-refractivity contribution in [1.29, 1.82) is 0 Å². The number of ether oxygens (including phenoxy) is 2. The van der Waals surface area contributed by atoms with Crippen molar-refractivity contribution in [2.24, 2.45) is 0 Å². The van der Waals surface area contributed by atoms with E-state index in [1.807, 2.05) is 0 Å². The molecule has 9 nitrogen and oxygen atoms in total. The van der Waals surface area contributed by atoms with Gasteiger partial charge in [0.15, 0.2) is 11.5 Å². The molecule has 0 saturated heterocycles. The number of anilines is 2. The SMILES string of the molecule is O=C1C[C@@H](C(=O)Nc2ccc3c(c2)OCO3)n2ncnc2N1. The third kappa shape index (κ3) is 2.03. The number of amides is 2. The van der Waals surface area contributed by atoms with Crippen LogP contribution in [0.2, 0.25) is 0 Å². The highest BCUT2D eigenvalue weighted by Gasteiger charge is 2.32. The predicted molar refractivity (Wildman–Crippen MR) is 73.5 cm³/mol. The molecule has 2 aliphatic heterocycles. The minimum absolute atomic E-state index is 0.00669. The lowest BCUT2D eigenvalue weighted by atomic mass is 10.1. The third-order valence-electron chi connectivity index (χ3n) is 3.44. The summed E-state index contributed by atoms with van der Waals surface area (Å²) in [5, 5.41) is 9.28. The van der Waals surface area contributed by atoms with Crippen molar-refractivity contribution < 1.29 is 19.1 Å². The summed E-state index contributed by atoms with van der Waals surface area (Å²) in [6, 6.07) is 4.35. The van der Waals surface area contributed by atoms with Gasteiger partial charge in [0.1, 0.15) is 12.4 Å². The zero-order chi connectivity index (χ0) is 15.1. The Morgan fingerprint density at radius 2 is 2.23 bits per heavy atom. The first kappa shape index (κ1) is 12.6. The largest absolute Gasteiger partial charge is 0.454 e. The highest BCUT2D eigenvalue weighted by Crippen LogP contribution is 2.34. The van der Waals surface area contributed by atoms with Crippen LogP contribution in [-0.4, -0.2) is 33.4 Å². The molecule has 0 aliphatic carbocycles. The van der Waals surface area contributed by atoms with Crippen LogP contribution in [0.15, 0.2) is 24.5 Å². The zero-order valence-corrected chi connectivity index (χ0v) is 11.3. The number of hydrogen-bond acceptors (Lipinski definition) is 6. The Morgan fingerprint density at radius 1 is 1.36 bits per heavy atom. The molecule has 2 amide bonds. The van der Waals surface area contributed by atoms with Crippen molar-refractivity contribution in [3.05, 3.63) is 24.5 Å². The molecule has 1 aromatic heterocycles. The Kier molecular flexibility index (Phi) is 2.71. The molecule has 0 radical (unpaired) electrons. The maximum atomic E-state index is 12.4. The van der Waals surface area contributed by atoms with Crippen LogP contribution in [0.3, 0.4) is 0 Å². The predicted octanol–water partition coefficient (Wildman–Crippen LogP) is 0.529. The van der Waals surface area contributed by atoms with Crippen molar-refractivity contribution in [2.75, 3.05) is 17.4 Å². The molecule has 9 heteroatoms. The third-order valence-corrected chi connectivity index (χ3v) is 3.44. The zero-order valence-electron chi connectivity index (χ0n) is 11.3. The molecule has 2 N–H and O–H groups in total. The lowest BCUT2D eigenvalue weighted by Crippen LogP contribution is -2.35. The Balaban J connectivity index is 1.57. The molecule has 3 heterocycles. The van der Waals surface area contributed by atoms with E-state index < -0.39 is 6.04 Å². The van der Waals surface area contributed by atoms with E-state index in [0.717, 1.165) is 0 Å². The average molecular weight is 301 g/mol. The minimum atomic E-state index is -0.739. The molecule has 2 aromatic rings. The van der Waals surface area contributed by atoms with Gasteiger partial charge in [0.2, 0.25) is 24.6 Å². The van der Waals surface area contributed by atoms with Gasteiger partial charge in [0.05, 0.1) is 6.42 Å². The van der Waals surface area contributed by atoms with Gasteiger partial charge in [-0.1, -0.05) is 0 Å². The lowest BCUT2D eigenvalue weighted by Gasteiger charge is -2.22. The van der Waals surface area contributed by atoms with Gasteiger partial charge in [-0.3, -0.25) is 14.9 Å². The molecule has 112 valence electrons. The number of aromatic nitrogens is 3. The highest BCUT2D eigenvalue weighted by atomic mass is 16.7. The summed E-state index contributed by atoms with van der Waals surface area (Å²) in [6.45, 7) is 0.165. The molecule has 1 aromatic carbocycles. The number of nitrogens with one attached hydrogen (secondary N) is 2. The summed E-state index contributed by atoms with van der Waals surface area (Å²) in [4.78, 5) is 28.0.